The van der Waals surface area contributed by atoms with E-state index in [0.29, 0.717) is 5.92 Å². The third-order valence-corrected chi connectivity index (χ3v) is 4.18. The van der Waals surface area contributed by atoms with Crippen LogP contribution in [-0.4, -0.2) is 44.3 Å². The van der Waals surface area contributed by atoms with Crippen molar-refractivity contribution in [1.29, 1.82) is 0 Å². The van der Waals surface area contributed by atoms with Crippen LogP contribution >= 0.6 is 0 Å². The minimum absolute atomic E-state index is 0.0379. The maximum atomic E-state index is 11.0. The molecule has 0 aromatic heterocycles. The average molecular weight is 306 g/mol. The molecule has 22 heavy (non-hydrogen) atoms. The molecule has 3 rings (SSSR count). The molecule has 1 amide bonds. The van der Waals surface area contributed by atoms with Crippen LogP contribution in [0.2, 0.25) is 0 Å². The second-order valence-electron chi connectivity index (χ2n) is 5.84. The number of nitrogens with one attached hydrogen (secondary N) is 1. The zero-order valence-electron chi connectivity index (χ0n) is 13.1. The number of ether oxygens (including phenoxy) is 3. The number of fused-ring (bicyclic) bond motifs is 1. The van der Waals surface area contributed by atoms with Crippen LogP contribution in [0, 0.1) is 5.92 Å². The number of hydrogen-bond donors (Lipinski definition) is 1. The van der Waals surface area contributed by atoms with Gasteiger partial charge in [0, 0.05) is 38.2 Å². The molecule has 1 fully saturated rings. The average Bonchev–Trinajstić information content (AvgIpc) is 3.13. The SMILES string of the molecule is COc1cc2c(cc1CN1CCC(CNC(C)=O)C1)OCO2. The number of rotatable bonds is 5. The van der Waals surface area contributed by atoms with Crippen LogP contribution < -0.4 is 19.5 Å². The van der Waals surface area contributed by atoms with Gasteiger partial charge in [-0.3, -0.25) is 9.69 Å². The van der Waals surface area contributed by atoms with Crippen molar-refractivity contribution in [3.8, 4) is 17.2 Å². The molecule has 1 unspecified atom stereocenters. The molecule has 1 aromatic rings. The Morgan fingerprint density at radius 1 is 1.41 bits per heavy atom. The standard InChI is InChI=1S/C16H22N2O4/c1-11(19)17-7-12-3-4-18(8-12)9-13-5-15-16(22-10-21-15)6-14(13)20-2/h5-6,12H,3-4,7-10H2,1-2H3,(H,17,19). The van der Waals surface area contributed by atoms with E-state index >= 15 is 0 Å². The summed E-state index contributed by atoms with van der Waals surface area (Å²) in [5, 5.41) is 2.90. The molecule has 0 spiro atoms. The number of carbonyl (C=O) groups is 1. The predicted molar refractivity (Wildman–Crippen MR) is 81.2 cm³/mol. The molecule has 2 aliphatic heterocycles. The first kappa shape index (κ1) is 15.0. The summed E-state index contributed by atoms with van der Waals surface area (Å²) >= 11 is 0. The van der Waals surface area contributed by atoms with Crippen molar-refractivity contribution in [2.75, 3.05) is 33.5 Å². The van der Waals surface area contributed by atoms with Crippen molar-refractivity contribution in [3.63, 3.8) is 0 Å². The van der Waals surface area contributed by atoms with Crippen LogP contribution in [0.5, 0.6) is 17.2 Å². The number of benzene rings is 1. The summed E-state index contributed by atoms with van der Waals surface area (Å²) in [5.41, 5.74) is 1.10. The van der Waals surface area contributed by atoms with Crippen molar-refractivity contribution < 1.29 is 19.0 Å². The fourth-order valence-corrected chi connectivity index (χ4v) is 3.03. The van der Waals surface area contributed by atoms with E-state index in [4.69, 9.17) is 14.2 Å². The molecule has 6 heteroatoms. The van der Waals surface area contributed by atoms with Crippen LogP contribution in [0.25, 0.3) is 0 Å². The zero-order chi connectivity index (χ0) is 15.5. The Labute approximate surface area is 130 Å². The van der Waals surface area contributed by atoms with E-state index in [9.17, 15) is 4.79 Å². The summed E-state index contributed by atoms with van der Waals surface area (Å²) in [4.78, 5) is 13.4. The lowest BCUT2D eigenvalue weighted by molar-refractivity contribution is -0.119. The van der Waals surface area contributed by atoms with Crippen molar-refractivity contribution >= 4 is 5.91 Å². The molecule has 1 aromatic carbocycles. The van der Waals surface area contributed by atoms with Gasteiger partial charge in [-0.2, -0.15) is 0 Å². The van der Waals surface area contributed by atoms with E-state index in [1.165, 1.54) is 0 Å². The van der Waals surface area contributed by atoms with Gasteiger partial charge in [0.05, 0.1) is 7.11 Å². The highest BCUT2D eigenvalue weighted by Gasteiger charge is 2.25. The number of hydrogen-bond acceptors (Lipinski definition) is 5. The summed E-state index contributed by atoms with van der Waals surface area (Å²) < 4.78 is 16.3. The van der Waals surface area contributed by atoms with Crippen LogP contribution in [0.15, 0.2) is 12.1 Å². The molecular weight excluding hydrogens is 284 g/mol. The minimum Gasteiger partial charge on any atom is -0.496 e. The fourth-order valence-electron chi connectivity index (χ4n) is 3.03. The number of amides is 1. The highest BCUT2D eigenvalue weighted by atomic mass is 16.7. The Balaban J connectivity index is 1.63. The summed E-state index contributed by atoms with van der Waals surface area (Å²) in [6.07, 6.45) is 1.10. The van der Waals surface area contributed by atoms with E-state index in [2.05, 4.69) is 10.2 Å². The maximum Gasteiger partial charge on any atom is 0.231 e. The molecule has 6 nitrogen and oxygen atoms in total. The molecule has 0 bridgehead atoms. The van der Waals surface area contributed by atoms with E-state index in [1.54, 1.807) is 14.0 Å². The lowest BCUT2D eigenvalue weighted by Crippen LogP contribution is -2.29. The summed E-state index contributed by atoms with van der Waals surface area (Å²) in [5.74, 6) is 2.91. The molecule has 1 N–H and O–H groups in total. The number of likely N-dealkylation sites (tertiary alicyclic amines) is 1. The third-order valence-electron chi connectivity index (χ3n) is 4.18. The first-order chi connectivity index (χ1) is 10.7. The lowest BCUT2D eigenvalue weighted by Gasteiger charge is -2.18. The van der Waals surface area contributed by atoms with Crippen LogP contribution in [-0.2, 0) is 11.3 Å². The summed E-state index contributed by atoms with van der Waals surface area (Å²) in [6.45, 7) is 5.41. The van der Waals surface area contributed by atoms with Crippen LogP contribution in [0.3, 0.4) is 0 Å². The Morgan fingerprint density at radius 2 is 2.18 bits per heavy atom. The Kier molecular flexibility index (Phi) is 4.38. The van der Waals surface area contributed by atoms with Crippen molar-refractivity contribution in [2.24, 2.45) is 5.92 Å². The molecule has 2 aliphatic rings. The summed E-state index contributed by atoms with van der Waals surface area (Å²) in [6, 6.07) is 3.89. The van der Waals surface area contributed by atoms with Gasteiger partial charge in [0.2, 0.25) is 12.7 Å². The lowest BCUT2D eigenvalue weighted by atomic mass is 10.1. The first-order valence-corrected chi connectivity index (χ1v) is 7.59. The smallest absolute Gasteiger partial charge is 0.231 e. The van der Waals surface area contributed by atoms with Gasteiger partial charge < -0.3 is 19.5 Å². The van der Waals surface area contributed by atoms with E-state index < -0.39 is 0 Å². The van der Waals surface area contributed by atoms with E-state index in [-0.39, 0.29) is 12.7 Å². The molecule has 0 saturated carbocycles. The van der Waals surface area contributed by atoms with Crippen molar-refractivity contribution in [3.05, 3.63) is 17.7 Å². The van der Waals surface area contributed by atoms with Crippen molar-refractivity contribution in [2.45, 2.75) is 19.9 Å². The number of nitrogens with zero attached hydrogens (tertiary/aromatic N) is 1. The Morgan fingerprint density at radius 3 is 2.91 bits per heavy atom. The number of methoxy groups -OCH3 is 1. The quantitative estimate of drug-likeness (QED) is 0.890. The first-order valence-electron chi connectivity index (χ1n) is 7.59. The van der Waals surface area contributed by atoms with Gasteiger partial charge in [-0.1, -0.05) is 0 Å². The molecule has 0 aliphatic carbocycles. The topological polar surface area (TPSA) is 60.0 Å². The highest BCUT2D eigenvalue weighted by molar-refractivity contribution is 5.72. The van der Waals surface area contributed by atoms with Crippen LogP contribution in [0.4, 0.5) is 0 Å². The minimum atomic E-state index is 0.0379. The highest BCUT2D eigenvalue weighted by Crippen LogP contribution is 2.38. The van der Waals surface area contributed by atoms with Gasteiger partial charge in [0.25, 0.3) is 0 Å². The molecule has 120 valence electrons. The van der Waals surface area contributed by atoms with Gasteiger partial charge in [0.1, 0.15) is 5.75 Å². The molecular formula is C16H22N2O4. The number of carbonyl (C=O) groups excluding carboxylic acids is 1. The van der Waals surface area contributed by atoms with Gasteiger partial charge in [0.15, 0.2) is 11.5 Å². The second kappa shape index (κ2) is 6.44. The van der Waals surface area contributed by atoms with Gasteiger partial charge in [-0.05, 0) is 24.9 Å². The third kappa shape index (κ3) is 3.27. The fraction of sp³-hybridized carbons (Fsp3) is 0.562. The Hall–Kier alpha value is -1.95. The monoisotopic (exact) mass is 306 g/mol. The van der Waals surface area contributed by atoms with E-state index in [0.717, 1.165) is 55.4 Å². The largest absolute Gasteiger partial charge is 0.496 e. The van der Waals surface area contributed by atoms with Gasteiger partial charge in [-0.15, -0.1) is 0 Å². The maximum absolute atomic E-state index is 11.0. The second-order valence-corrected chi connectivity index (χ2v) is 5.84. The van der Waals surface area contributed by atoms with Crippen molar-refractivity contribution in [1.82, 2.24) is 10.2 Å². The van der Waals surface area contributed by atoms with Gasteiger partial charge >= 0.3 is 0 Å². The van der Waals surface area contributed by atoms with E-state index in [1.807, 2.05) is 12.1 Å². The van der Waals surface area contributed by atoms with Gasteiger partial charge in [-0.25, -0.2) is 0 Å². The normalized spacial score (nSPS) is 20.2. The van der Waals surface area contributed by atoms with Crippen LogP contribution in [0.1, 0.15) is 18.9 Å². The molecule has 1 atom stereocenters. The molecule has 2 heterocycles. The predicted octanol–water partition coefficient (Wildman–Crippen LogP) is 1.38. The molecule has 0 radical (unpaired) electrons. The zero-order valence-corrected chi connectivity index (χ0v) is 13.1. The Bertz CT molecular complexity index is 561. The molecule has 1 saturated heterocycles. The summed E-state index contributed by atoms with van der Waals surface area (Å²) in [7, 11) is 1.67.